The zero-order valence-electron chi connectivity index (χ0n) is 16.4. The summed E-state index contributed by atoms with van der Waals surface area (Å²) in [6.07, 6.45) is 6.89. The summed E-state index contributed by atoms with van der Waals surface area (Å²) in [5.41, 5.74) is 2.96. The molecule has 3 aromatic rings. The fourth-order valence-corrected chi connectivity index (χ4v) is 3.63. The highest BCUT2D eigenvalue weighted by atomic mass is 32.2. The molecule has 3 rings (SSSR count). The fourth-order valence-electron chi connectivity index (χ4n) is 2.78. The number of nitrogens with zero attached hydrogens (tertiary/aromatic N) is 5. The van der Waals surface area contributed by atoms with Gasteiger partial charge in [-0.3, -0.25) is 14.3 Å². The zero-order valence-corrected chi connectivity index (χ0v) is 17.2. The first-order chi connectivity index (χ1) is 14.1. The van der Waals surface area contributed by atoms with Gasteiger partial charge in [-0.05, 0) is 31.2 Å². The number of aryl methyl sites for hydroxylation is 1. The van der Waals surface area contributed by atoms with Gasteiger partial charge >= 0.3 is 0 Å². The standard InChI is InChI=1S/C22H23N5OS/c1-4-13-26(14-5-2)20(28)16-29-22-25-24-21(18-7-6-12-23-15-18)27(22)19-10-8-17(3)9-11-19/h4-12,15H,1-2,13-14,16H2,3H3. The number of benzene rings is 1. The van der Waals surface area contributed by atoms with Crippen LogP contribution in [0.4, 0.5) is 0 Å². The molecule has 1 amide bonds. The lowest BCUT2D eigenvalue weighted by atomic mass is 10.2. The molecule has 0 fully saturated rings. The number of hydrogen-bond donors (Lipinski definition) is 0. The topological polar surface area (TPSA) is 63.9 Å². The minimum atomic E-state index is -0.00353. The smallest absolute Gasteiger partial charge is 0.233 e. The summed E-state index contributed by atoms with van der Waals surface area (Å²) in [4.78, 5) is 18.5. The molecular weight excluding hydrogens is 382 g/mol. The summed E-state index contributed by atoms with van der Waals surface area (Å²) in [5.74, 6) is 0.931. The number of amides is 1. The van der Waals surface area contributed by atoms with E-state index < -0.39 is 0 Å². The number of aromatic nitrogens is 4. The molecule has 0 bridgehead atoms. The van der Waals surface area contributed by atoms with E-state index in [1.165, 1.54) is 17.3 Å². The number of thioether (sulfide) groups is 1. The van der Waals surface area contributed by atoms with E-state index in [1.54, 1.807) is 29.4 Å². The highest BCUT2D eigenvalue weighted by Crippen LogP contribution is 2.28. The maximum atomic E-state index is 12.6. The minimum Gasteiger partial charge on any atom is -0.335 e. The first kappa shape index (κ1) is 20.5. The molecule has 0 aliphatic carbocycles. The largest absolute Gasteiger partial charge is 0.335 e. The molecule has 0 saturated heterocycles. The molecule has 0 spiro atoms. The molecule has 0 aliphatic heterocycles. The second-order valence-corrected chi connectivity index (χ2v) is 7.33. The van der Waals surface area contributed by atoms with E-state index in [9.17, 15) is 4.79 Å². The van der Waals surface area contributed by atoms with Crippen LogP contribution in [0, 0.1) is 6.92 Å². The van der Waals surface area contributed by atoms with Gasteiger partial charge < -0.3 is 4.90 Å². The third-order valence-corrected chi connectivity index (χ3v) is 5.14. The fraction of sp³-hybridized carbons (Fsp3) is 0.182. The highest BCUT2D eigenvalue weighted by molar-refractivity contribution is 7.99. The lowest BCUT2D eigenvalue weighted by molar-refractivity contribution is -0.127. The van der Waals surface area contributed by atoms with E-state index in [0.29, 0.717) is 24.1 Å². The van der Waals surface area contributed by atoms with Crippen LogP contribution in [-0.4, -0.2) is 49.4 Å². The van der Waals surface area contributed by atoms with Gasteiger partial charge in [0.2, 0.25) is 5.91 Å². The third kappa shape index (κ3) is 5.00. The van der Waals surface area contributed by atoms with Crippen LogP contribution >= 0.6 is 11.8 Å². The van der Waals surface area contributed by atoms with Crippen molar-refractivity contribution in [3.05, 3.63) is 79.7 Å². The van der Waals surface area contributed by atoms with Gasteiger partial charge in [0.15, 0.2) is 11.0 Å². The van der Waals surface area contributed by atoms with Gasteiger partial charge in [0.25, 0.3) is 0 Å². The monoisotopic (exact) mass is 405 g/mol. The Morgan fingerprint density at radius 2 is 1.86 bits per heavy atom. The van der Waals surface area contributed by atoms with E-state index in [4.69, 9.17) is 0 Å². The van der Waals surface area contributed by atoms with Crippen molar-refractivity contribution in [1.29, 1.82) is 0 Å². The summed E-state index contributed by atoms with van der Waals surface area (Å²) in [5, 5.41) is 9.38. The lowest BCUT2D eigenvalue weighted by Crippen LogP contribution is -2.32. The molecule has 2 aromatic heterocycles. The summed E-state index contributed by atoms with van der Waals surface area (Å²) in [6.45, 7) is 10.4. The van der Waals surface area contributed by atoms with Crippen molar-refractivity contribution in [2.75, 3.05) is 18.8 Å². The van der Waals surface area contributed by atoms with Crippen molar-refractivity contribution < 1.29 is 4.79 Å². The van der Waals surface area contributed by atoms with Crippen molar-refractivity contribution in [3.63, 3.8) is 0 Å². The third-order valence-electron chi connectivity index (χ3n) is 4.22. The first-order valence-corrected chi connectivity index (χ1v) is 10.2. The lowest BCUT2D eigenvalue weighted by Gasteiger charge is -2.19. The van der Waals surface area contributed by atoms with Gasteiger partial charge in [-0.15, -0.1) is 23.4 Å². The summed E-state index contributed by atoms with van der Waals surface area (Å²) >= 11 is 1.36. The molecule has 7 heteroatoms. The summed E-state index contributed by atoms with van der Waals surface area (Å²) in [7, 11) is 0. The van der Waals surface area contributed by atoms with Crippen molar-refractivity contribution in [3.8, 4) is 17.1 Å². The number of carbonyl (C=O) groups excluding carboxylic acids is 1. The van der Waals surface area contributed by atoms with E-state index in [2.05, 4.69) is 28.3 Å². The summed E-state index contributed by atoms with van der Waals surface area (Å²) in [6, 6.07) is 11.9. The quantitative estimate of drug-likeness (QED) is 0.399. The van der Waals surface area contributed by atoms with Crippen LogP contribution in [0.3, 0.4) is 0 Å². The Kier molecular flexibility index (Phi) is 6.97. The van der Waals surface area contributed by atoms with E-state index in [-0.39, 0.29) is 11.7 Å². The molecule has 1 aromatic carbocycles. The van der Waals surface area contributed by atoms with Gasteiger partial charge in [-0.2, -0.15) is 0 Å². The molecule has 6 nitrogen and oxygen atoms in total. The van der Waals surface area contributed by atoms with Crippen LogP contribution in [0.25, 0.3) is 17.1 Å². The normalized spacial score (nSPS) is 10.5. The van der Waals surface area contributed by atoms with Crippen LogP contribution in [-0.2, 0) is 4.79 Å². The molecule has 2 heterocycles. The number of pyridine rings is 1. The Hall–Kier alpha value is -3.19. The Bertz CT molecular complexity index is 972. The average molecular weight is 406 g/mol. The van der Waals surface area contributed by atoms with Crippen molar-refractivity contribution in [2.24, 2.45) is 0 Å². The Morgan fingerprint density at radius 3 is 2.48 bits per heavy atom. The SMILES string of the molecule is C=CCN(CC=C)C(=O)CSc1nnc(-c2cccnc2)n1-c1ccc(C)cc1. The van der Waals surface area contributed by atoms with E-state index >= 15 is 0 Å². The zero-order chi connectivity index (χ0) is 20.6. The van der Waals surface area contributed by atoms with Gasteiger partial charge in [0, 0.05) is 36.7 Å². The molecule has 0 saturated carbocycles. The molecule has 148 valence electrons. The Balaban J connectivity index is 1.91. The summed E-state index contributed by atoms with van der Waals surface area (Å²) < 4.78 is 1.96. The van der Waals surface area contributed by atoms with Crippen molar-refractivity contribution >= 4 is 17.7 Å². The van der Waals surface area contributed by atoms with Gasteiger partial charge in [-0.25, -0.2) is 0 Å². The average Bonchev–Trinajstić information content (AvgIpc) is 3.17. The van der Waals surface area contributed by atoms with Crippen LogP contribution in [0.2, 0.25) is 0 Å². The first-order valence-electron chi connectivity index (χ1n) is 9.19. The van der Waals surface area contributed by atoms with E-state index in [1.807, 2.05) is 47.9 Å². The molecule has 0 aliphatic rings. The minimum absolute atomic E-state index is 0.00353. The Morgan fingerprint density at radius 1 is 1.14 bits per heavy atom. The predicted molar refractivity (Wildman–Crippen MR) is 117 cm³/mol. The van der Waals surface area contributed by atoms with Crippen LogP contribution in [0.1, 0.15) is 5.56 Å². The molecule has 0 atom stereocenters. The van der Waals surface area contributed by atoms with Gasteiger partial charge in [-0.1, -0.05) is 41.6 Å². The molecule has 0 N–H and O–H groups in total. The van der Waals surface area contributed by atoms with E-state index in [0.717, 1.165) is 11.3 Å². The number of rotatable bonds is 9. The molecular formula is C22H23N5OS. The second-order valence-electron chi connectivity index (χ2n) is 6.38. The molecule has 0 unspecified atom stereocenters. The molecule has 29 heavy (non-hydrogen) atoms. The molecule has 0 radical (unpaired) electrons. The van der Waals surface area contributed by atoms with Gasteiger partial charge in [0.1, 0.15) is 0 Å². The van der Waals surface area contributed by atoms with Crippen molar-refractivity contribution in [1.82, 2.24) is 24.6 Å². The Labute approximate surface area is 175 Å². The van der Waals surface area contributed by atoms with Crippen molar-refractivity contribution in [2.45, 2.75) is 12.1 Å². The maximum absolute atomic E-state index is 12.6. The second kappa shape index (κ2) is 9.84. The van der Waals surface area contributed by atoms with Crippen LogP contribution in [0.15, 0.2) is 79.3 Å². The maximum Gasteiger partial charge on any atom is 0.233 e. The number of hydrogen-bond acceptors (Lipinski definition) is 5. The van der Waals surface area contributed by atoms with Crippen LogP contribution in [0.5, 0.6) is 0 Å². The van der Waals surface area contributed by atoms with Crippen LogP contribution < -0.4 is 0 Å². The highest BCUT2D eigenvalue weighted by Gasteiger charge is 2.19. The number of carbonyl (C=O) groups is 1. The van der Waals surface area contributed by atoms with Gasteiger partial charge in [0.05, 0.1) is 5.75 Å². The predicted octanol–water partition coefficient (Wildman–Crippen LogP) is 3.93.